The maximum atomic E-state index is 3.56. The maximum Gasteiger partial charge on any atom is 0.00958 e. The zero-order valence-corrected chi connectivity index (χ0v) is 5.90. The minimum Gasteiger partial charge on any atom is -0.314 e. The molecule has 2 atom stereocenters. The first kappa shape index (κ1) is 8.06. The summed E-state index contributed by atoms with van der Waals surface area (Å²) in [5.74, 6) is 1.05. The molecule has 1 saturated carbocycles. The average Bonchev–Trinajstić information content (AvgIpc) is 2.33. The summed E-state index contributed by atoms with van der Waals surface area (Å²) < 4.78 is 0. The Morgan fingerprint density at radius 2 is 1.80 bits per heavy atom. The second kappa shape index (κ2) is 3.38. The van der Waals surface area contributed by atoms with Crippen LogP contribution in [0.1, 0.15) is 39.5 Å². The van der Waals surface area contributed by atoms with Crippen LogP contribution in [-0.4, -0.2) is 12.6 Å². The topological polar surface area (TPSA) is 12.0 Å². The van der Waals surface area contributed by atoms with Crippen molar-refractivity contribution < 1.29 is 0 Å². The molecule has 2 aliphatic rings. The van der Waals surface area contributed by atoms with Gasteiger partial charge in [-0.05, 0) is 31.7 Å². The summed E-state index contributed by atoms with van der Waals surface area (Å²) in [5, 5.41) is 3.56. The van der Waals surface area contributed by atoms with Gasteiger partial charge in [0.2, 0.25) is 0 Å². The molecular weight excluding hydrogens is 122 g/mol. The molecule has 1 heterocycles. The Labute approximate surface area is 64.2 Å². The number of rotatable bonds is 0. The molecule has 1 nitrogen and oxygen atoms in total. The molecule has 0 aromatic carbocycles. The highest BCUT2D eigenvalue weighted by atomic mass is 15.0. The van der Waals surface area contributed by atoms with Crippen LogP contribution in [0.15, 0.2) is 0 Å². The van der Waals surface area contributed by atoms with Gasteiger partial charge in [0.05, 0.1) is 0 Å². The molecule has 1 N–H and O–H groups in total. The first-order chi connectivity index (χ1) is 4.47. The number of nitrogens with one attached hydrogen (secondary N) is 1. The van der Waals surface area contributed by atoms with Gasteiger partial charge in [-0.25, -0.2) is 0 Å². The van der Waals surface area contributed by atoms with Gasteiger partial charge in [0.25, 0.3) is 0 Å². The normalized spacial score (nSPS) is 38.4. The third-order valence-corrected chi connectivity index (χ3v) is 2.83. The summed E-state index contributed by atoms with van der Waals surface area (Å²) in [6.45, 7) is 1.29. The molecule has 0 amide bonds. The quantitative estimate of drug-likeness (QED) is 0.545. The van der Waals surface area contributed by atoms with Gasteiger partial charge >= 0.3 is 0 Å². The SMILES string of the molecule is C.C1CCC2NCCC2C1. The van der Waals surface area contributed by atoms with Crippen molar-refractivity contribution in [2.24, 2.45) is 5.92 Å². The van der Waals surface area contributed by atoms with Crippen molar-refractivity contribution in [1.82, 2.24) is 5.32 Å². The first-order valence-corrected chi connectivity index (χ1v) is 4.20. The van der Waals surface area contributed by atoms with E-state index in [0.29, 0.717) is 0 Å². The number of fused-ring (bicyclic) bond motifs is 1. The molecule has 60 valence electrons. The molecule has 1 aliphatic heterocycles. The Kier molecular flexibility index (Phi) is 2.72. The van der Waals surface area contributed by atoms with Crippen molar-refractivity contribution in [2.45, 2.75) is 45.6 Å². The van der Waals surface area contributed by atoms with Gasteiger partial charge < -0.3 is 5.32 Å². The molecule has 0 aromatic heterocycles. The highest BCUT2D eigenvalue weighted by Gasteiger charge is 2.28. The van der Waals surface area contributed by atoms with Crippen LogP contribution in [0, 0.1) is 5.92 Å². The second-order valence-electron chi connectivity index (χ2n) is 3.39. The van der Waals surface area contributed by atoms with Gasteiger partial charge in [-0.2, -0.15) is 0 Å². The molecule has 2 unspecified atom stereocenters. The van der Waals surface area contributed by atoms with E-state index in [9.17, 15) is 0 Å². The fourth-order valence-electron chi connectivity index (χ4n) is 2.28. The minimum atomic E-state index is 0. The standard InChI is InChI=1S/C8H15N.CH4/c1-2-4-8-7(3-1)5-6-9-8;/h7-9H,1-6H2;1H4. The fourth-order valence-corrected chi connectivity index (χ4v) is 2.28. The van der Waals surface area contributed by atoms with Crippen molar-refractivity contribution in [3.05, 3.63) is 0 Å². The molecule has 0 radical (unpaired) electrons. The monoisotopic (exact) mass is 141 g/mol. The van der Waals surface area contributed by atoms with Gasteiger partial charge in [-0.1, -0.05) is 20.3 Å². The molecule has 1 aliphatic carbocycles. The summed E-state index contributed by atoms with van der Waals surface area (Å²) in [4.78, 5) is 0. The highest BCUT2D eigenvalue weighted by molar-refractivity contribution is 4.86. The largest absolute Gasteiger partial charge is 0.314 e. The van der Waals surface area contributed by atoms with Crippen molar-refractivity contribution in [2.75, 3.05) is 6.54 Å². The van der Waals surface area contributed by atoms with E-state index in [1.807, 2.05) is 0 Å². The van der Waals surface area contributed by atoms with Crippen LogP contribution in [0.4, 0.5) is 0 Å². The predicted molar refractivity (Wildman–Crippen MR) is 45.1 cm³/mol. The zero-order valence-electron chi connectivity index (χ0n) is 5.90. The Hall–Kier alpha value is -0.0400. The molecule has 0 spiro atoms. The van der Waals surface area contributed by atoms with E-state index in [1.54, 1.807) is 0 Å². The van der Waals surface area contributed by atoms with E-state index < -0.39 is 0 Å². The van der Waals surface area contributed by atoms with Crippen LogP contribution in [0.25, 0.3) is 0 Å². The smallest absolute Gasteiger partial charge is 0.00958 e. The van der Waals surface area contributed by atoms with Crippen LogP contribution in [0.2, 0.25) is 0 Å². The second-order valence-corrected chi connectivity index (χ2v) is 3.39. The molecule has 1 saturated heterocycles. The molecule has 0 aromatic rings. The summed E-state index contributed by atoms with van der Waals surface area (Å²) in [5.41, 5.74) is 0. The molecule has 0 bridgehead atoms. The van der Waals surface area contributed by atoms with E-state index in [4.69, 9.17) is 0 Å². The lowest BCUT2D eigenvalue weighted by Gasteiger charge is -2.24. The van der Waals surface area contributed by atoms with E-state index in [2.05, 4.69) is 5.32 Å². The molecule has 2 fully saturated rings. The lowest BCUT2D eigenvalue weighted by atomic mass is 9.86. The maximum absolute atomic E-state index is 3.56. The van der Waals surface area contributed by atoms with Crippen LogP contribution in [-0.2, 0) is 0 Å². The minimum absolute atomic E-state index is 0. The van der Waals surface area contributed by atoms with Crippen molar-refractivity contribution >= 4 is 0 Å². The third-order valence-electron chi connectivity index (χ3n) is 2.83. The van der Waals surface area contributed by atoms with Crippen molar-refractivity contribution in [3.8, 4) is 0 Å². The highest BCUT2D eigenvalue weighted by Crippen LogP contribution is 2.29. The molecule has 10 heavy (non-hydrogen) atoms. The number of hydrogen-bond donors (Lipinski definition) is 1. The summed E-state index contributed by atoms with van der Waals surface area (Å²) in [7, 11) is 0. The Morgan fingerprint density at radius 1 is 1.00 bits per heavy atom. The molecule has 2 rings (SSSR count). The van der Waals surface area contributed by atoms with Gasteiger partial charge in [0.1, 0.15) is 0 Å². The van der Waals surface area contributed by atoms with E-state index in [-0.39, 0.29) is 7.43 Å². The lowest BCUT2D eigenvalue weighted by Crippen LogP contribution is -2.29. The van der Waals surface area contributed by atoms with Gasteiger partial charge in [0.15, 0.2) is 0 Å². The van der Waals surface area contributed by atoms with Crippen LogP contribution in [0.3, 0.4) is 0 Å². The van der Waals surface area contributed by atoms with E-state index in [1.165, 1.54) is 38.6 Å². The van der Waals surface area contributed by atoms with Gasteiger partial charge in [-0.15, -0.1) is 0 Å². The molecular formula is C9H19N. The fraction of sp³-hybridized carbons (Fsp3) is 1.00. The summed E-state index contributed by atoms with van der Waals surface area (Å²) >= 11 is 0. The van der Waals surface area contributed by atoms with Gasteiger partial charge in [0, 0.05) is 6.04 Å². The lowest BCUT2D eigenvalue weighted by molar-refractivity contribution is 0.326. The summed E-state index contributed by atoms with van der Waals surface area (Å²) in [6, 6.07) is 0.916. The van der Waals surface area contributed by atoms with E-state index in [0.717, 1.165) is 12.0 Å². The summed E-state index contributed by atoms with van der Waals surface area (Å²) in [6.07, 6.45) is 7.35. The first-order valence-electron chi connectivity index (χ1n) is 4.20. The van der Waals surface area contributed by atoms with Crippen molar-refractivity contribution in [3.63, 3.8) is 0 Å². The zero-order chi connectivity index (χ0) is 6.10. The van der Waals surface area contributed by atoms with Crippen LogP contribution in [0.5, 0.6) is 0 Å². The Morgan fingerprint density at radius 3 is 2.60 bits per heavy atom. The van der Waals surface area contributed by atoms with Gasteiger partial charge in [-0.3, -0.25) is 0 Å². The average molecular weight is 141 g/mol. The predicted octanol–water partition coefficient (Wildman–Crippen LogP) is 2.17. The third kappa shape index (κ3) is 1.34. The Bertz CT molecular complexity index is 88.9. The van der Waals surface area contributed by atoms with Crippen LogP contribution < -0.4 is 5.32 Å². The molecule has 1 heteroatoms. The van der Waals surface area contributed by atoms with Crippen LogP contribution >= 0.6 is 0 Å². The van der Waals surface area contributed by atoms with E-state index >= 15 is 0 Å². The van der Waals surface area contributed by atoms with Crippen molar-refractivity contribution in [1.29, 1.82) is 0 Å². The Balaban J connectivity index is 0.000000500. The number of hydrogen-bond acceptors (Lipinski definition) is 1.